The van der Waals surface area contributed by atoms with Crippen molar-refractivity contribution in [2.75, 3.05) is 0 Å². The number of carbonyl (C=O) groups is 2. The second-order valence-electron chi connectivity index (χ2n) is 9.80. The van der Waals surface area contributed by atoms with Crippen LogP contribution in [0.15, 0.2) is 53.1 Å². The summed E-state index contributed by atoms with van der Waals surface area (Å²) < 4.78 is 7.17. The van der Waals surface area contributed by atoms with Crippen LogP contribution in [0.2, 0.25) is 0 Å². The molecule has 0 bridgehead atoms. The van der Waals surface area contributed by atoms with E-state index in [-0.39, 0.29) is 17.9 Å². The standard InChI is InChI=1S/C27H32N4O3/c1-19-10-7-8-11-20(19)17-30-25(32)23-16-22(24-14-9-15-34-24)29-31(23)18-27(30,2)26(33)28-21-12-5-3-4-6-13-21/h7-11,14-16,21H,3-6,12-13,17-18H2,1-2H3,(H,28,33)/t27-/m0/s1. The van der Waals surface area contributed by atoms with Crippen LogP contribution in [0.3, 0.4) is 0 Å². The molecule has 34 heavy (non-hydrogen) atoms. The molecule has 1 aliphatic carbocycles. The van der Waals surface area contributed by atoms with Crippen LogP contribution in [0.5, 0.6) is 0 Å². The zero-order chi connectivity index (χ0) is 23.7. The molecule has 1 atom stereocenters. The molecule has 1 aromatic carbocycles. The predicted molar refractivity (Wildman–Crippen MR) is 129 cm³/mol. The summed E-state index contributed by atoms with van der Waals surface area (Å²) in [4.78, 5) is 29.4. The van der Waals surface area contributed by atoms with Gasteiger partial charge in [0.25, 0.3) is 5.91 Å². The highest BCUT2D eigenvalue weighted by Crippen LogP contribution is 2.32. The fraction of sp³-hybridized carbons (Fsp3) is 0.444. The van der Waals surface area contributed by atoms with Crippen LogP contribution in [0.1, 0.15) is 67.1 Å². The fourth-order valence-electron chi connectivity index (χ4n) is 5.16. The summed E-state index contributed by atoms with van der Waals surface area (Å²) in [6.45, 7) is 4.55. The number of rotatable bonds is 5. The number of furan rings is 1. The van der Waals surface area contributed by atoms with Crippen molar-refractivity contribution in [2.24, 2.45) is 0 Å². The van der Waals surface area contributed by atoms with E-state index in [0.717, 1.165) is 36.8 Å². The molecule has 0 saturated heterocycles. The molecular weight excluding hydrogens is 428 g/mol. The maximum Gasteiger partial charge on any atom is 0.273 e. The topological polar surface area (TPSA) is 80.4 Å². The summed E-state index contributed by atoms with van der Waals surface area (Å²) in [6, 6.07) is 13.5. The summed E-state index contributed by atoms with van der Waals surface area (Å²) in [6.07, 6.45) is 8.25. The molecule has 3 aromatic rings. The molecule has 2 aliphatic rings. The van der Waals surface area contributed by atoms with E-state index in [0.29, 0.717) is 30.2 Å². The lowest BCUT2D eigenvalue weighted by Crippen LogP contribution is -2.64. The van der Waals surface area contributed by atoms with Crippen molar-refractivity contribution in [1.82, 2.24) is 20.0 Å². The SMILES string of the molecule is Cc1ccccc1CN1C(=O)c2cc(-c3ccco3)nn2C[C@@]1(C)C(=O)NC1CCCCCC1. The summed E-state index contributed by atoms with van der Waals surface area (Å²) in [7, 11) is 0. The Kier molecular flexibility index (Phi) is 6.02. The largest absolute Gasteiger partial charge is 0.463 e. The lowest BCUT2D eigenvalue weighted by atomic mass is 9.92. The van der Waals surface area contributed by atoms with Gasteiger partial charge in [0, 0.05) is 18.7 Å². The number of nitrogens with zero attached hydrogens (tertiary/aromatic N) is 3. The molecule has 7 heteroatoms. The molecule has 1 N–H and O–H groups in total. The third kappa shape index (κ3) is 4.15. The Morgan fingerprint density at radius 3 is 2.62 bits per heavy atom. The number of amides is 2. The maximum atomic E-state index is 13.8. The minimum Gasteiger partial charge on any atom is -0.463 e. The molecule has 0 spiro atoms. The van der Waals surface area contributed by atoms with Crippen LogP contribution in [-0.4, -0.2) is 38.1 Å². The molecule has 5 rings (SSSR count). The summed E-state index contributed by atoms with van der Waals surface area (Å²) in [5.41, 5.74) is 2.13. The molecule has 7 nitrogen and oxygen atoms in total. The molecule has 1 fully saturated rings. The molecule has 178 valence electrons. The van der Waals surface area contributed by atoms with Crippen LogP contribution in [0.25, 0.3) is 11.5 Å². The van der Waals surface area contributed by atoms with Crippen LogP contribution in [0.4, 0.5) is 0 Å². The first-order valence-corrected chi connectivity index (χ1v) is 12.2. The first kappa shape index (κ1) is 22.4. The Morgan fingerprint density at radius 1 is 1.15 bits per heavy atom. The lowest BCUT2D eigenvalue weighted by Gasteiger charge is -2.44. The Balaban J connectivity index is 1.50. The number of aryl methyl sites for hydroxylation is 1. The maximum absolute atomic E-state index is 13.8. The van der Waals surface area contributed by atoms with Gasteiger partial charge in [-0.2, -0.15) is 5.10 Å². The average molecular weight is 461 g/mol. The molecule has 3 heterocycles. The van der Waals surface area contributed by atoms with Gasteiger partial charge in [0.05, 0.1) is 12.8 Å². The Morgan fingerprint density at radius 2 is 1.91 bits per heavy atom. The Labute approximate surface area is 200 Å². The van der Waals surface area contributed by atoms with Crippen molar-refractivity contribution >= 4 is 11.8 Å². The van der Waals surface area contributed by atoms with Crippen LogP contribution >= 0.6 is 0 Å². The lowest BCUT2D eigenvalue weighted by molar-refractivity contribution is -0.134. The van der Waals surface area contributed by atoms with Gasteiger partial charge in [-0.1, -0.05) is 49.9 Å². The fourth-order valence-corrected chi connectivity index (χ4v) is 5.16. The van der Waals surface area contributed by atoms with Crippen molar-refractivity contribution < 1.29 is 14.0 Å². The third-order valence-electron chi connectivity index (χ3n) is 7.34. The quantitative estimate of drug-likeness (QED) is 0.560. The Bertz CT molecular complexity index is 1170. The molecule has 2 amide bonds. The van der Waals surface area contributed by atoms with E-state index < -0.39 is 5.54 Å². The number of nitrogens with one attached hydrogen (secondary N) is 1. The van der Waals surface area contributed by atoms with E-state index in [9.17, 15) is 9.59 Å². The predicted octanol–water partition coefficient (Wildman–Crippen LogP) is 4.71. The van der Waals surface area contributed by atoms with E-state index in [4.69, 9.17) is 4.42 Å². The highest BCUT2D eigenvalue weighted by Gasteiger charge is 2.48. The van der Waals surface area contributed by atoms with Gasteiger partial charge in [0.15, 0.2) is 5.76 Å². The number of benzene rings is 1. The minimum atomic E-state index is -1.06. The molecule has 0 radical (unpaired) electrons. The summed E-state index contributed by atoms with van der Waals surface area (Å²) in [5, 5.41) is 7.93. The molecule has 0 unspecified atom stereocenters. The minimum absolute atomic E-state index is 0.109. The highest BCUT2D eigenvalue weighted by atomic mass is 16.3. The van der Waals surface area contributed by atoms with Crippen molar-refractivity contribution in [3.05, 3.63) is 65.5 Å². The average Bonchev–Trinajstić information content (AvgIpc) is 3.43. The third-order valence-corrected chi connectivity index (χ3v) is 7.34. The first-order valence-electron chi connectivity index (χ1n) is 12.2. The van der Waals surface area contributed by atoms with Gasteiger partial charge in [-0.05, 0) is 49.9 Å². The first-order chi connectivity index (χ1) is 16.5. The number of aromatic nitrogens is 2. The zero-order valence-corrected chi connectivity index (χ0v) is 19.9. The normalized spacial score (nSPS) is 21.2. The number of hydrogen-bond acceptors (Lipinski definition) is 4. The second kappa shape index (κ2) is 9.12. The van der Waals surface area contributed by atoms with Crippen LogP contribution < -0.4 is 5.32 Å². The molecular formula is C27H32N4O3. The van der Waals surface area contributed by atoms with Crippen molar-refractivity contribution in [3.63, 3.8) is 0 Å². The van der Waals surface area contributed by atoms with Gasteiger partial charge in [-0.25, -0.2) is 0 Å². The van der Waals surface area contributed by atoms with Gasteiger partial charge in [0.2, 0.25) is 5.91 Å². The molecule has 1 aliphatic heterocycles. The highest BCUT2D eigenvalue weighted by molar-refractivity contribution is 6.00. The van der Waals surface area contributed by atoms with Gasteiger partial charge < -0.3 is 14.6 Å². The summed E-state index contributed by atoms with van der Waals surface area (Å²) >= 11 is 0. The van der Waals surface area contributed by atoms with Crippen molar-refractivity contribution in [2.45, 2.75) is 77.0 Å². The van der Waals surface area contributed by atoms with E-state index in [1.54, 1.807) is 28.0 Å². The van der Waals surface area contributed by atoms with Crippen molar-refractivity contribution in [3.8, 4) is 11.5 Å². The van der Waals surface area contributed by atoms with E-state index in [2.05, 4.69) is 10.4 Å². The Hall–Kier alpha value is -3.35. The second-order valence-corrected chi connectivity index (χ2v) is 9.80. The van der Waals surface area contributed by atoms with E-state index >= 15 is 0 Å². The molecule has 2 aromatic heterocycles. The van der Waals surface area contributed by atoms with Crippen LogP contribution in [0, 0.1) is 6.92 Å². The number of carbonyl (C=O) groups excluding carboxylic acids is 2. The van der Waals surface area contributed by atoms with Crippen LogP contribution in [-0.2, 0) is 17.9 Å². The van der Waals surface area contributed by atoms with E-state index in [1.807, 2.05) is 44.2 Å². The number of hydrogen-bond donors (Lipinski definition) is 1. The van der Waals surface area contributed by atoms with E-state index in [1.165, 1.54) is 12.8 Å². The van der Waals surface area contributed by atoms with Gasteiger partial charge in [0.1, 0.15) is 16.9 Å². The monoisotopic (exact) mass is 460 g/mol. The number of fused-ring (bicyclic) bond motifs is 1. The van der Waals surface area contributed by atoms with Gasteiger partial charge in [-0.3, -0.25) is 14.3 Å². The smallest absolute Gasteiger partial charge is 0.273 e. The van der Waals surface area contributed by atoms with Gasteiger partial charge >= 0.3 is 0 Å². The molecule has 1 saturated carbocycles. The van der Waals surface area contributed by atoms with Gasteiger partial charge in [-0.15, -0.1) is 0 Å². The zero-order valence-electron chi connectivity index (χ0n) is 19.9. The summed E-state index contributed by atoms with van der Waals surface area (Å²) in [5.74, 6) is 0.296. The van der Waals surface area contributed by atoms with Crippen molar-refractivity contribution in [1.29, 1.82) is 0 Å².